The zero-order chi connectivity index (χ0) is 14.0. The molecule has 1 aromatic rings. The van der Waals surface area contributed by atoms with Gasteiger partial charge in [-0.2, -0.15) is 0 Å². The van der Waals surface area contributed by atoms with Crippen LogP contribution in [0.4, 0.5) is 0 Å². The fourth-order valence-electron chi connectivity index (χ4n) is 3.04. The van der Waals surface area contributed by atoms with Crippen LogP contribution in [-0.4, -0.2) is 24.1 Å². The second kappa shape index (κ2) is 6.27. The van der Waals surface area contributed by atoms with Gasteiger partial charge < -0.3 is 9.47 Å². The van der Waals surface area contributed by atoms with Crippen molar-refractivity contribution in [3.05, 3.63) is 29.8 Å². The van der Waals surface area contributed by atoms with Crippen molar-refractivity contribution in [1.29, 1.82) is 0 Å². The fourth-order valence-corrected chi connectivity index (χ4v) is 4.33. The largest absolute Gasteiger partial charge is 0.497 e. The first-order chi connectivity index (χ1) is 9.02. The van der Waals surface area contributed by atoms with E-state index in [0.29, 0.717) is 28.9 Å². The van der Waals surface area contributed by atoms with E-state index >= 15 is 0 Å². The Balaban J connectivity index is 2.01. The lowest BCUT2D eigenvalue weighted by molar-refractivity contribution is 0.0511. The molecule has 0 aromatic heterocycles. The Morgan fingerprint density at radius 3 is 2.26 bits per heavy atom. The Morgan fingerprint density at radius 2 is 1.79 bits per heavy atom. The Kier molecular flexibility index (Phi) is 4.91. The van der Waals surface area contributed by atoms with E-state index in [0.717, 1.165) is 12.2 Å². The highest BCUT2D eigenvalue weighted by Gasteiger charge is 2.40. The minimum Gasteiger partial charge on any atom is -0.497 e. The van der Waals surface area contributed by atoms with E-state index in [-0.39, 0.29) is 0 Å². The maximum absolute atomic E-state index is 5.93. The molecule has 1 aromatic carbocycles. The predicted molar refractivity (Wildman–Crippen MR) is 82.1 cm³/mol. The summed E-state index contributed by atoms with van der Waals surface area (Å²) in [7, 11) is 1.70. The fraction of sp³-hybridized carbons (Fsp3) is 0.625. The van der Waals surface area contributed by atoms with Crippen LogP contribution >= 0.6 is 15.9 Å². The Bertz CT molecular complexity index is 404. The highest BCUT2D eigenvalue weighted by Crippen LogP contribution is 2.38. The number of hydrogen-bond donors (Lipinski definition) is 0. The normalized spacial score (nSPS) is 32.3. The van der Waals surface area contributed by atoms with Crippen molar-refractivity contribution in [2.45, 2.75) is 44.2 Å². The molecular weight excluding hydrogens is 304 g/mol. The van der Waals surface area contributed by atoms with Crippen molar-refractivity contribution >= 4 is 15.9 Å². The van der Waals surface area contributed by atoms with Gasteiger partial charge in [-0.25, -0.2) is 0 Å². The molecular formula is C16H23BrO2. The summed E-state index contributed by atoms with van der Waals surface area (Å²) in [6.45, 7) is 6.66. The van der Waals surface area contributed by atoms with E-state index in [1.165, 1.54) is 5.56 Å². The first-order valence-electron chi connectivity index (χ1n) is 6.95. The molecule has 0 N–H and O–H groups in total. The summed E-state index contributed by atoms with van der Waals surface area (Å²) in [5.74, 6) is 2.07. The van der Waals surface area contributed by atoms with Crippen LogP contribution in [0, 0.1) is 11.8 Å². The van der Waals surface area contributed by atoms with Crippen LogP contribution in [0.25, 0.3) is 0 Å². The summed E-state index contributed by atoms with van der Waals surface area (Å²) in [5, 5.41) is 0. The van der Waals surface area contributed by atoms with Crippen LogP contribution in [0.1, 0.15) is 26.3 Å². The zero-order valence-corrected chi connectivity index (χ0v) is 13.7. The smallest absolute Gasteiger partial charge is 0.118 e. The van der Waals surface area contributed by atoms with E-state index in [1.807, 2.05) is 12.1 Å². The Labute approximate surface area is 124 Å². The highest BCUT2D eigenvalue weighted by molar-refractivity contribution is 9.09. The second-order valence-electron chi connectivity index (χ2n) is 5.55. The number of ether oxygens (including phenoxy) is 2. The predicted octanol–water partition coefficient (Wildman–Crippen LogP) is 4.06. The van der Waals surface area contributed by atoms with Gasteiger partial charge in [-0.05, 0) is 43.9 Å². The molecule has 1 aliphatic rings. The van der Waals surface area contributed by atoms with Gasteiger partial charge in [0.2, 0.25) is 0 Å². The second-order valence-corrected chi connectivity index (χ2v) is 6.73. The van der Waals surface area contributed by atoms with Gasteiger partial charge in [0.05, 0.1) is 19.3 Å². The maximum atomic E-state index is 5.93. The van der Waals surface area contributed by atoms with E-state index < -0.39 is 0 Å². The van der Waals surface area contributed by atoms with Crippen LogP contribution in [0.2, 0.25) is 0 Å². The number of halogens is 1. The van der Waals surface area contributed by atoms with Gasteiger partial charge in [-0.3, -0.25) is 0 Å². The van der Waals surface area contributed by atoms with E-state index in [9.17, 15) is 0 Å². The molecule has 2 nitrogen and oxygen atoms in total. The molecule has 0 spiro atoms. The molecule has 106 valence electrons. The van der Waals surface area contributed by atoms with Gasteiger partial charge >= 0.3 is 0 Å². The van der Waals surface area contributed by atoms with Crippen molar-refractivity contribution in [3.8, 4) is 5.75 Å². The molecule has 0 amide bonds. The summed E-state index contributed by atoms with van der Waals surface area (Å²) >= 11 is 3.87. The maximum Gasteiger partial charge on any atom is 0.118 e. The summed E-state index contributed by atoms with van der Waals surface area (Å²) in [5.41, 5.74) is 1.33. The molecule has 0 radical (unpaired) electrons. The topological polar surface area (TPSA) is 18.5 Å². The van der Waals surface area contributed by atoms with E-state index in [4.69, 9.17) is 9.47 Å². The number of hydrogen-bond acceptors (Lipinski definition) is 2. The summed E-state index contributed by atoms with van der Waals surface area (Å²) < 4.78 is 11.1. The zero-order valence-electron chi connectivity index (χ0n) is 12.1. The summed E-state index contributed by atoms with van der Waals surface area (Å²) in [4.78, 5) is 0.454. The van der Waals surface area contributed by atoms with Gasteiger partial charge in [0.1, 0.15) is 5.75 Å². The third-order valence-corrected chi connectivity index (χ3v) is 5.26. The summed E-state index contributed by atoms with van der Waals surface area (Å²) in [6, 6.07) is 8.33. The standard InChI is InChI=1S/C16H23BrO2/c1-10-11(2)19-12(3)16(10)15(17)9-13-5-7-14(18-4)8-6-13/h5-8,10-12,15-16H,9H2,1-4H3. The van der Waals surface area contributed by atoms with Gasteiger partial charge in [0, 0.05) is 10.7 Å². The monoisotopic (exact) mass is 326 g/mol. The van der Waals surface area contributed by atoms with Crippen molar-refractivity contribution in [2.75, 3.05) is 7.11 Å². The quantitative estimate of drug-likeness (QED) is 0.777. The molecule has 0 aliphatic carbocycles. The molecule has 0 saturated carbocycles. The van der Waals surface area contributed by atoms with Gasteiger partial charge in [-0.15, -0.1) is 0 Å². The van der Waals surface area contributed by atoms with Crippen LogP contribution in [0.5, 0.6) is 5.75 Å². The average Bonchev–Trinajstić information content (AvgIpc) is 2.64. The van der Waals surface area contributed by atoms with Crippen LogP contribution < -0.4 is 4.74 Å². The third kappa shape index (κ3) is 3.32. The highest BCUT2D eigenvalue weighted by atomic mass is 79.9. The molecule has 1 fully saturated rings. The lowest BCUT2D eigenvalue weighted by Crippen LogP contribution is -2.28. The summed E-state index contributed by atoms with van der Waals surface area (Å²) in [6.07, 6.45) is 1.71. The molecule has 1 aliphatic heterocycles. The number of rotatable bonds is 4. The number of benzene rings is 1. The molecule has 19 heavy (non-hydrogen) atoms. The molecule has 1 saturated heterocycles. The molecule has 0 bridgehead atoms. The first kappa shape index (κ1) is 14.9. The average molecular weight is 327 g/mol. The van der Waals surface area contributed by atoms with Crippen LogP contribution in [0.15, 0.2) is 24.3 Å². The number of alkyl halides is 1. The molecule has 3 heteroatoms. The first-order valence-corrected chi connectivity index (χ1v) is 7.87. The molecule has 1 heterocycles. The Morgan fingerprint density at radius 1 is 1.16 bits per heavy atom. The minimum atomic E-state index is 0.327. The van der Waals surface area contributed by atoms with E-state index in [2.05, 4.69) is 48.8 Å². The van der Waals surface area contributed by atoms with Crippen molar-refractivity contribution in [3.63, 3.8) is 0 Å². The van der Waals surface area contributed by atoms with Gasteiger partial charge in [-0.1, -0.05) is 35.0 Å². The Hall–Kier alpha value is -0.540. The number of methoxy groups -OCH3 is 1. The van der Waals surface area contributed by atoms with Crippen molar-refractivity contribution in [2.24, 2.45) is 11.8 Å². The molecule has 5 unspecified atom stereocenters. The van der Waals surface area contributed by atoms with Crippen molar-refractivity contribution < 1.29 is 9.47 Å². The van der Waals surface area contributed by atoms with Gasteiger partial charge in [0.25, 0.3) is 0 Å². The van der Waals surface area contributed by atoms with Crippen LogP contribution in [-0.2, 0) is 11.2 Å². The lowest BCUT2D eigenvalue weighted by Gasteiger charge is -2.24. The molecule has 2 rings (SSSR count). The lowest BCUT2D eigenvalue weighted by atomic mass is 9.85. The van der Waals surface area contributed by atoms with Gasteiger partial charge in [0.15, 0.2) is 0 Å². The van der Waals surface area contributed by atoms with E-state index in [1.54, 1.807) is 7.11 Å². The van der Waals surface area contributed by atoms with Crippen LogP contribution in [0.3, 0.4) is 0 Å². The SMILES string of the molecule is COc1ccc(CC(Br)C2C(C)OC(C)C2C)cc1. The molecule has 5 atom stereocenters. The van der Waals surface area contributed by atoms with Crippen molar-refractivity contribution in [1.82, 2.24) is 0 Å². The third-order valence-electron chi connectivity index (χ3n) is 4.33. The minimum absolute atomic E-state index is 0.327.